The quantitative estimate of drug-likeness (QED) is 0.502. The summed E-state index contributed by atoms with van der Waals surface area (Å²) in [6.07, 6.45) is 4.85. The molecule has 0 atom stereocenters. The van der Waals surface area contributed by atoms with Crippen molar-refractivity contribution in [1.29, 1.82) is 0 Å². The first-order chi connectivity index (χ1) is 8.81. The number of guanidine groups is 1. The normalized spacial score (nSPS) is 16.1. The molecule has 4 heteroatoms. The van der Waals surface area contributed by atoms with E-state index < -0.39 is 0 Å². The highest BCUT2D eigenvalue weighted by molar-refractivity contribution is 14.0. The monoisotopic (exact) mass is 373 g/mol. The minimum atomic E-state index is 0. The zero-order valence-corrected chi connectivity index (χ0v) is 14.0. The number of nitrogens with two attached hydrogens (primary N) is 1. The number of piperidine rings is 1. The van der Waals surface area contributed by atoms with Crippen molar-refractivity contribution in [1.82, 2.24) is 4.90 Å². The average molecular weight is 373 g/mol. The number of likely N-dealkylation sites (tertiary alicyclic amines) is 1. The van der Waals surface area contributed by atoms with Crippen molar-refractivity contribution in [2.24, 2.45) is 10.7 Å². The maximum absolute atomic E-state index is 6.06. The van der Waals surface area contributed by atoms with E-state index in [2.05, 4.69) is 41.1 Å². The van der Waals surface area contributed by atoms with Crippen molar-refractivity contribution in [3.8, 4) is 0 Å². The maximum Gasteiger partial charge on any atom is 0.191 e. The smallest absolute Gasteiger partial charge is 0.191 e. The molecule has 3 nitrogen and oxygen atoms in total. The standard InChI is InChI=1S/C15H23N3.HI/c1-2-13-8-4-5-9-14(13)12-17-15(16)18-10-6-3-7-11-18;/h4-5,8-9H,2-3,6-7,10-12H2,1H3,(H2,16,17);1H. The molecular weight excluding hydrogens is 349 g/mol. The van der Waals surface area contributed by atoms with Gasteiger partial charge in [-0.2, -0.15) is 0 Å². The van der Waals surface area contributed by atoms with E-state index in [1.165, 1.54) is 30.4 Å². The Bertz CT molecular complexity index is 412. The fourth-order valence-corrected chi connectivity index (χ4v) is 2.45. The van der Waals surface area contributed by atoms with Crippen LogP contribution in [0.15, 0.2) is 29.3 Å². The minimum Gasteiger partial charge on any atom is -0.370 e. The summed E-state index contributed by atoms with van der Waals surface area (Å²) >= 11 is 0. The lowest BCUT2D eigenvalue weighted by molar-refractivity contribution is 0.338. The molecule has 19 heavy (non-hydrogen) atoms. The third kappa shape index (κ3) is 4.67. The van der Waals surface area contributed by atoms with Crippen LogP contribution in [-0.2, 0) is 13.0 Å². The Balaban J connectivity index is 0.00000180. The van der Waals surface area contributed by atoms with Crippen LogP contribution in [0.4, 0.5) is 0 Å². The van der Waals surface area contributed by atoms with Crippen LogP contribution < -0.4 is 5.73 Å². The van der Waals surface area contributed by atoms with E-state index in [-0.39, 0.29) is 24.0 Å². The number of rotatable bonds is 3. The number of aliphatic imine (C=N–C) groups is 1. The molecular formula is C15H24IN3. The summed E-state index contributed by atoms with van der Waals surface area (Å²) in [7, 11) is 0. The molecule has 0 radical (unpaired) electrons. The molecule has 106 valence electrons. The summed E-state index contributed by atoms with van der Waals surface area (Å²) in [5.41, 5.74) is 8.72. The predicted octanol–water partition coefficient (Wildman–Crippen LogP) is 3.17. The van der Waals surface area contributed by atoms with E-state index in [9.17, 15) is 0 Å². The first-order valence-electron chi connectivity index (χ1n) is 6.93. The van der Waals surface area contributed by atoms with Crippen molar-refractivity contribution in [2.45, 2.75) is 39.2 Å². The Kier molecular flexibility index (Phi) is 7.20. The third-order valence-electron chi connectivity index (χ3n) is 3.59. The van der Waals surface area contributed by atoms with Crippen molar-refractivity contribution < 1.29 is 0 Å². The van der Waals surface area contributed by atoms with Crippen LogP contribution in [0, 0.1) is 0 Å². The van der Waals surface area contributed by atoms with Gasteiger partial charge in [0, 0.05) is 13.1 Å². The van der Waals surface area contributed by atoms with Crippen LogP contribution in [0.1, 0.15) is 37.3 Å². The summed E-state index contributed by atoms with van der Waals surface area (Å²) < 4.78 is 0. The molecule has 0 aliphatic carbocycles. The largest absolute Gasteiger partial charge is 0.370 e. The number of nitrogens with zero attached hydrogens (tertiary/aromatic N) is 2. The fraction of sp³-hybridized carbons (Fsp3) is 0.533. The lowest BCUT2D eigenvalue weighted by Gasteiger charge is -2.27. The van der Waals surface area contributed by atoms with Crippen LogP contribution in [0.3, 0.4) is 0 Å². The zero-order valence-electron chi connectivity index (χ0n) is 11.6. The zero-order chi connectivity index (χ0) is 12.8. The summed E-state index contributed by atoms with van der Waals surface area (Å²) in [5.74, 6) is 0.709. The van der Waals surface area contributed by atoms with Crippen LogP contribution in [0.2, 0.25) is 0 Å². The molecule has 1 aromatic carbocycles. The van der Waals surface area contributed by atoms with Crippen LogP contribution in [0.25, 0.3) is 0 Å². The molecule has 1 aromatic rings. The van der Waals surface area contributed by atoms with Gasteiger partial charge in [0.25, 0.3) is 0 Å². The highest BCUT2D eigenvalue weighted by Crippen LogP contribution is 2.12. The van der Waals surface area contributed by atoms with E-state index >= 15 is 0 Å². The van der Waals surface area contributed by atoms with Gasteiger partial charge < -0.3 is 10.6 Å². The summed E-state index contributed by atoms with van der Waals surface area (Å²) in [5, 5.41) is 0. The molecule has 1 fully saturated rings. The SMILES string of the molecule is CCc1ccccc1CN=C(N)N1CCCCC1.I. The molecule has 1 heterocycles. The summed E-state index contributed by atoms with van der Waals surface area (Å²) in [4.78, 5) is 6.75. The van der Waals surface area contributed by atoms with Crippen LogP contribution in [-0.4, -0.2) is 23.9 Å². The van der Waals surface area contributed by atoms with Crippen molar-refractivity contribution in [2.75, 3.05) is 13.1 Å². The van der Waals surface area contributed by atoms with E-state index in [1.807, 2.05) is 0 Å². The number of hydrogen-bond donors (Lipinski definition) is 1. The molecule has 0 saturated carbocycles. The van der Waals surface area contributed by atoms with Gasteiger partial charge in [-0.25, -0.2) is 4.99 Å². The first kappa shape index (κ1) is 16.3. The fourth-order valence-electron chi connectivity index (χ4n) is 2.45. The summed E-state index contributed by atoms with van der Waals surface area (Å²) in [6, 6.07) is 8.47. The first-order valence-corrected chi connectivity index (χ1v) is 6.93. The molecule has 1 aliphatic rings. The molecule has 0 spiro atoms. The number of hydrogen-bond acceptors (Lipinski definition) is 1. The van der Waals surface area contributed by atoms with Crippen LogP contribution in [0.5, 0.6) is 0 Å². The van der Waals surface area contributed by atoms with Gasteiger partial charge in [0.1, 0.15) is 0 Å². The van der Waals surface area contributed by atoms with Gasteiger partial charge in [-0.05, 0) is 36.8 Å². The van der Waals surface area contributed by atoms with E-state index in [4.69, 9.17) is 5.73 Å². The highest BCUT2D eigenvalue weighted by Gasteiger charge is 2.11. The van der Waals surface area contributed by atoms with Gasteiger partial charge in [0.2, 0.25) is 0 Å². The number of aryl methyl sites for hydroxylation is 1. The van der Waals surface area contributed by atoms with Crippen LogP contribution >= 0.6 is 24.0 Å². The van der Waals surface area contributed by atoms with Gasteiger partial charge in [0.05, 0.1) is 6.54 Å². The minimum absolute atomic E-state index is 0. The van der Waals surface area contributed by atoms with E-state index in [1.54, 1.807) is 0 Å². The van der Waals surface area contributed by atoms with Gasteiger partial charge in [0.15, 0.2) is 5.96 Å². The van der Waals surface area contributed by atoms with Gasteiger partial charge in [-0.3, -0.25) is 0 Å². The molecule has 0 bridgehead atoms. The van der Waals surface area contributed by atoms with E-state index in [0.717, 1.165) is 19.5 Å². The Hall–Kier alpha value is -0.780. The number of benzene rings is 1. The Morgan fingerprint density at radius 3 is 2.42 bits per heavy atom. The lowest BCUT2D eigenvalue weighted by Crippen LogP contribution is -2.40. The Morgan fingerprint density at radius 1 is 1.16 bits per heavy atom. The van der Waals surface area contributed by atoms with E-state index in [0.29, 0.717) is 12.5 Å². The highest BCUT2D eigenvalue weighted by atomic mass is 127. The molecule has 2 N–H and O–H groups in total. The Morgan fingerprint density at radius 2 is 1.79 bits per heavy atom. The molecule has 0 amide bonds. The lowest BCUT2D eigenvalue weighted by atomic mass is 10.1. The topological polar surface area (TPSA) is 41.6 Å². The van der Waals surface area contributed by atoms with Crippen molar-refractivity contribution >= 4 is 29.9 Å². The summed E-state index contributed by atoms with van der Waals surface area (Å²) in [6.45, 7) is 5.00. The maximum atomic E-state index is 6.06. The second kappa shape index (κ2) is 8.40. The molecule has 0 aromatic heterocycles. The van der Waals surface area contributed by atoms with Crippen molar-refractivity contribution in [3.63, 3.8) is 0 Å². The predicted molar refractivity (Wildman–Crippen MR) is 92.0 cm³/mol. The molecule has 0 unspecified atom stereocenters. The molecule has 1 saturated heterocycles. The van der Waals surface area contributed by atoms with Gasteiger partial charge >= 0.3 is 0 Å². The molecule has 1 aliphatic heterocycles. The average Bonchev–Trinajstić information content (AvgIpc) is 2.46. The Labute approximate surface area is 133 Å². The van der Waals surface area contributed by atoms with Crippen molar-refractivity contribution in [3.05, 3.63) is 35.4 Å². The second-order valence-electron chi connectivity index (χ2n) is 4.84. The molecule has 2 rings (SSSR count). The van der Waals surface area contributed by atoms with Gasteiger partial charge in [-0.1, -0.05) is 31.2 Å². The van der Waals surface area contributed by atoms with Gasteiger partial charge in [-0.15, -0.1) is 24.0 Å². The second-order valence-corrected chi connectivity index (χ2v) is 4.84. The number of halogens is 1. The third-order valence-corrected chi connectivity index (χ3v) is 3.59.